The molecule has 0 amide bonds. The van der Waals surface area contributed by atoms with E-state index < -0.39 is 72.1 Å². The highest BCUT2D eigenvalue weighted by Crippen LogP contribution is 2.42. The molecule has 38 heavy (non-hydrogen) atoms. The van der Waals surface area contributed by atoms with E-state index in [9.17, 15) is 24.9 Å². The van der Waals surface area contributed by atoms with Crippen LogP contribution >= 0.6 is 0 Å². The Balaban J connectivity index is 1.95. The highest BCUT2D eigenvalue weighted by atomic mass is 16.7. The summed E-state index contributed by atoms with van der Waals surface area (Å²) < 4.78 is 23.8. The normalized spacial score (nSPS) is 49.6. The van der Waals surface area contributed by atoms with E-state index in [0.717, 1.165) is 0 Å². The molecule has 1 spiro atoms. The molecule has 3 fully saturated rings. The van der Waals surface area contributed by atoms with Crippen molar-refractivity contribution in [2.75, 3.05) is 20.7 Å². The van der Waals surface area contributed by atoms with Gasteiger partial charge in [0.15, 0.2) is 17.7 Å². The quantitative estimate of drug-likeness (QED) is 0.353. The number of ether oxygens (including phenoxy) is 4. The van der Waals surface area contributed by atoms with Gasteiger partial charge in [-0.2, -0.15) is 0 Å². The van der Waals surface area contributed by atoms with Gasteiger partial charge in [0, 0.05) is 23.8 Å². The monoisotopic (exact) mass is 543 g/mol. The molecular weight excluding hydrogens is 494 g/mol. The number of rotatable bonds is 3. The number of nitrogens with zero attached hydrogens (tertiary/aromatic N) is 1. The Morgan fingerprint density at radius 2 is 1.47 bits per heavy atom. The third-order valence-electron chi connectivity index (χ3n) is 9.17. The predicted octanol–water partition coefficient (Wildman–Crippen LogP) is 1.37. The lowest BCUT2D eigenvalue weighted by Gasteiger charge is -2.44. The molecule has 0 aromatic carbocycles. The van der Waals surface area contributed by atoms with Gasteiger partial charge in [0.2, 0.25) is 0 Å². The minimum Gasteiger partial charge on any atom is -0.462 e. The number of carbonyl (C=O) groups is 2. The van der Waals surface area contributed by atoms with Crippen molar-refractivity contribution in [2.45, 2.75) is 116 Å². The summed E-state index contributed by atoms with van der Waals surface area (Å²) in [7, 11) is 3.79. The number of epoxide rings is 1. The van der Waals surface area contributed by atoms with E-state index >= 15 is 0 Å². The number of hydrogen-bond acceptors (Lipinski definition) is 10. The van der Waals surface area contributed by atoms with Crippen molar-refractivity contribution in [3.8, 4) is 0 Å². The molecule has 0 aromatic rings. The van der Waals surface area contributed by atoms with Gasteiger partial charge >= 0.3 is 5.97 Å². The van der Waals surface area contributed by atoms with Crippen LogP contribution in [0.4, 0.5) is 0 Å². The number of esters is 1. The number of likely N-dealkylation sites (N-methyl/N-ethyl adjacent to an activating group) is 1. The van der Waals surface area contributed by atoms with Crippen LogP contribution in [-0.2, 0) is 28.5 Å². The molecule has 0 aromatic heterocycles. The van der Waals surface area contributed by atoms with Gasteiger partial charge in [-0.25, -0.2) is 0 Å². The van der Waals surface area contributed by atoms with Crippen LogP contribution < -0.4 is 0 Å². The van der Waals surface area contributed by atoms with Crippen molar-refractivity contribution >= 4 is 11.8 Å². The zero-order valence-corrected chi connectivity index (χ0v) is 24.4. The zero-order chi connectivity index (χ0) is 28.7. The molecule has 10 nitrogen and oxygen atoms in total. The standard InChI is InChI=1S/C28H49NO9/c1-13-11-28(12-35-28)25(33)17(5)21(30)15(3)19(7)37-26(34)18(6)22(31)16(4)24(13)38-27-23(32)20(29(8)9)10-14(2)36-27/h13-24,27,30-32H,10-12H2,1-9H3/t13?,14?,15-,16?,17+,18?,19?,20?,21-,22?,23+,24-,27?,28-/m0/s1. The molecule has 14 atom stereocenters. The molecule has 0 bridgehead atoms. The fourth-order valence-electron chi connectivity index (χ4n) is 6.16. The lowest BCUT2D eigenvalue weighted by atomic mass is 9.76. The number of carbonyl (C=O) groups excluding carboxylic acids is 2. The van der Waals surface area contributed by atoms with Gasteiger partial charge in [-0.05, 0) is 53.6 Å². The van der Waals surface area contributed by atoms with Crippen molar-refractivity contribution < 1.29 is 43.9 Å². The Bertz CT molecular complexity index is 833. The van der Waals surface area contributed by atoms with Crippen LogP contribution in [0.3, 0.4) is 0 Å². The van der Waals surface area contributed by atoms with Crippen LogP contribution in [0.5, 0.6) is 0 Å². The van der Waals surface area contributed by atoms with Crippen molar-refractivity contribution in [1.29, 1.82) is 0 Å². The summed E-state index contributed by atoms with van der Waals surface area (Å²) in [5, 5.41) is 33.4. The molecule has 3 heterocycles. The number of aliphatic hydroxyl groups excluding tert-OH is 3. The minimum absolute atomic E-state index is 0.163. The maximum Gasteiger partial charge on any atom is 0.311 e. The number of ketones is 1. The molecule has 3 rings (SSSR count). The first-order chi connectivity index (χ1) is 17.6. The summed E-state index contributed by atoms with van der Waals surface area (Å²) in [5.41, 5.74) is -1.05. The lowest BCUT2D eigenvalue weighted by Crippen LogP contribution is -2.56. The van der Waals surface area contributed by atoms with Crippen molar-refractivity contribution in [3.05, 3.63) is 0 Å². The first-order valence-electron chi connectivity index (χ1n) is 14.0. The molecule has 10 heteroatoms. The molecule has 8 unspecified atom stereocenters. The third-order valence-corrected chi connectivity index (χ3v) is 9.17. The Labute approximate surface area is 226 Å². The van der Waals surface area contributed by atoms with E-state index in [0.29, 0.717) is 12.8 Å². The second-order valence-electron chi connectivity index (χ2n) is 12.4. The van der Waals surface area contributed by atoms with Gasteiger partial charge in [0.25, 0.3) is 0 Å². The smallest absolute Gasteiger partial charge is 0.311 e. The first kappa shape index (κ1) is 31.4. The molecule has 3 saturated heterocycles. The molecular formula is C28H49NO9. The molecule has 0 aliphatic carbocycles. The predicted molar refractivity (Wildman–Crippen MR) is 139 cm³/mol. The Kier molecular flexibility index (Phi) is 10.0. The van der Waals surface area contributed by atoms with Gasteiger partial charge in [-0.3, -0.25) is 9.59 Å². The highest BCUT2D eigenvalue weighted by molar-refractivity contribution is 5.92. The molecule has 3 aliphatic rings. The average molecular weight is 544 g/mol. The van der Waals surface area contributed by atoms with Gasteiger partial charge in [-0.15, -0.1) is 0 Å². The Hall–Kier alpha value is -1.14. The maximum absolute atomic E-state index is 13.5. The Morgan fingerprint density at radius 3 is 2.03 bits per heavy atom. The topological polar surface area (TPSA) is 138 Å². The summed E-state index contributed by atoms with van der Waals surface area (Å²) in [4.78, 5) is 28.5. The summed E-state index contributed by atoms with van der Waals surface area (Å²) in [6.07, 6.45) is -4.62. The molecule has 3 N–H and O–H groups in total. The van der Waals surface area contributed by atoms with Gasteiger partial charge in [0.1, 0.15) is 12.2 Å². The van der Waals surface area contributed by atoms with Crippen LogP contribution in [-0.4, -0.2) is 107 Å². The Morgan fingerprint density at radius 1 is 0.895 bits per heavy atom. The van der Waals surface area contributed by atoms with E-state index in [1.165, 1.54) is 0 Å². The zero-order valence-electron chi connectivity index (χ0n) is 24.4. The van der Waals surface area contributed by atoms with E-state index in [4.69, 9.17) is 18.9 Å². The van der Waals surface area contributed by atoms with Crippen molar-refractivity contribution in [2.24, 2.45) is 29.6 Å². The van der Waals surface area contributed by atoms with Crippen LogP contribution in [0.1, 0.15) is 61.3 Å². The van der Waals surface area contributed by atoms with Gasteiger partial charge < -0.3 is 39.2 Å². The largest absolute Gasteiger partial charge is 0.462 e. The van der Waals surface area contributed by atoms with Gasteiger partial charge in [0.05, 0.1) is 36.9 Å². The third kappa shape index (κ3) is 6.43. The fraction of sp³-hybridized carbons (Fsp3) is 0.929. The number of hydrogen-bond donors (Lipinski definition) is 3. The molecule has 0 radical (unpaired) electrons. The maximum atomic E-state index is 13.5. The second kappa shape index (κ2) is 12.2. The highest BCUT2D eigenvalue weighted by Gasteiger charge is 2.56. The summed E-state index contributed by atoms with van der Waals surface area (Å²) >= 11 is 0. The number of aliphatic hydroxyl groups is 3. The minimum atomic E-state index is -1.13. The molecule has 220 valence electrons. The summed E-state index contributed by atoms with van der Waals surface area (Å²) in [6.45, 7) is 12.6. The summed E-state index contributed by atoms with van der Waals surface area (Å²) in [6, 6.07) is -0.183. The van der Waals surface area contributed by atoms with E-state index in [-0.39, 0.29) is 30.5 Å². The van der Waals surface area contributed by atoms with E-state index in [1.54, 1.807) is 34.6 Å². The fourth-order valence-corrected chi connectivity index (χ4v) is 6.16. The van der Waals surface area contributed by atoms with Crippen LogP contribution in [0.25, 0.3) is 0 Å². The van der Waals surface area contributed by atoms with Crippen molar-refractivity contribution in [1.82, 2.24) is 4.90 Å². The van der Waals surface area contributed by atoms with Crippen LogP contribution in [0.15, 0.2) is 0 Å². The van der Waals surface area contributed by atoms with Crippen LogP contribution in [0.2, 0.25) is 0 Å². The van der Waals surface area contributed by atoms with E-state index in [2.05, 4.69) is 0 Å². The average Bonchev–Trinajstić information content (AvgIpc) is 3.65. The summed E-state index contributed by atoms with van der Waals surface area (Å²) in [5.74, 6) is -3.76. The first-order valence-corrected chi connectivity index (χ1v) is 14.0. The molecule has 0 saturated carbocycles. The van der Waals surface area contributed by atoms with E-state index in [1.807, 2.05) is 32.8 Å². The second-order valence-corrected chi connectivity index (χ2v) is 12.4. The lowest BCUT2D eigenvalue weighted by molar-refractivity contribution is -0.283. The van der Waals surface area contributed by atoms with Crippen molar-refractivity contribution in [3.63, 3.8) is 0 Å². The van der Waals surface area contributed by atoms with Crippen LogP contribution in [0, 0.1) is 29.6 Å². The number of Topliss-reactive ketones (excluding diaryl/α,β-unsaturated/α-hetero) is 1. The number of cyclic esters (lactones) is 1. The SMILES string of the molecule is CC1CC(N(C)C)[C@@H](O)C(O[C@H]2C(C)C[C@]3(CO3)C(=O)[C@H](C)[C@@H](O)[C@@H](C)C(C)OC(=O)C(C)C(O)C2C)O1. The van der Waals surface area contributed by atoms with Gasteiger partial charge in [-0.1, -0.05) is 27.7 Å². The molecule has 3 aliphatic heterocycles.